The van der Waals surface area contributed by atoms with Crippen molar-refractivity contribution in [2.45, 2.75) is 12.1 Å². The minimum atomic E-state index is -4.91. The van der Waals surface area contributed by atoms with Crippen molar-refractivity contribution in [3.63, 3.8) is 0 Å². The molecule has 1 fully saturated rings. The number of carbonyl (C=O) groups is 2. The van der Waals surface area contributed by atoms with E-state index >= 15 is 0 Å². The smallest absolute Gasteiger partial charge is 0.362 e. The van der Waals surface area contributed by atoms with Crippen molar-refractivity contribution in [3.05, 3.63) is 11.1 Å². The molecule has 132 valence electrons. The summed E-state index contributed by atoms with van der Waals surface area (Å²) < 4.78 is 43.8. The number of halogens is 1. The fourth-order valence-electron chi connectivity index (χ4n) is 2.01. The number of nitrogens with one attached hydrogen (secondary N) is 1. The van der Waals surface area contributed by atoms with Crippen molar-refractivity contribution in [1.29, 1.82) is 0 Å². The molecule has 1 aromatic heterocycles. The van der Waals surface area contributed by atoms with Crippen molar-refractivity contribution in [3.8, 4) is 0 Å². The topological polar surface area (TPSA) is 164 Å². The Morgan fingerprint density at radius 2 is 2.33 bits per heavy atom. The van der Waals surface area contributed by atoms with E-state index in [1.54, 1.807) is 0 Å². The van der Waals surface area contributed by atoms with Gasteiger partial charge in [-0.05, 0) is 0 Å². The number of β-lactam (4-membered cyclic amide) rings is 1. The summed E-state index contributed by atoms with van der Waals surface area (Å²) in [6.07, 6.45) is 0. The third-order valence-electron chi connectivity index (χ3n) is 3.02. The van der Waals surface area contributed by atoms with E-state index in [9.17, 15) is 22.4 Å². The first kappa shape index (κ1) is 18.0. The zero-order valence-electron chi connectivity index (χ0n) is 12.0. The summed E-state index contributed by atoms with van der Waals surface area (Å²) in [5.74, 6) is -2.13. The Hall–Kier alpha value is -2.32. The van der Waals surface area contributed by atoms with Gasteiger partial charge in [0.2, 0.25) is 0 Å². The minimum absolute atomic E-state index is 0.0497. The van der Waals surface area contributed by atoms with Crippen LogP contribution in [0.3, 0.4) is 0 Å². The number of alkyl halides is 1. The molecule has 0 unspecified atom stereocenters. The second-order valence-corrected chi connectivity index (χ2v) is 6.66. The molecule has 2 amide bonds. The van der Waals surface area contributed by atoms with Crippen LogP contribution >= 0.6 is 11.3 Å². The van der Waals surface area contributed by atoms with Crippen LogP contribution < -0.4 is 11.1 Å². The van der Waals surface area contributed by atoms with Gasteiger partial charge in [0.1, 0.15) is 31.6 Å². The van der Waals surface area contributed by atoms with Gasteiger partial charge >= 0.3 is 10.3 Å². The molecule has 0 saturated carbocycles. The average molecular weight is 381 g/mol. The lowest BCUT2D eigenvalue weighted by Crippen LogP contribution is -2.73. The highest BCUT2D eigenvalue weighted by atomic mass is 32.2. The highest BCUT2D eigenvalue weighted by molar-refractivity contribution is 7.84. The number of hydrogen-bond acceptors (Lipinski definition) is 9. The molecule has 0 radical (unpaired) electrons. The second kappa shape index (κ2) is 6.66. The van der Waals surface area contributed by atoms with E-state index in [1.807, 2.05) is 0 Å². The molecule has 1 aliphatic rings. The molecule has 4 N–H and O–H groups in total. The van der Waals surface area contributed by atoms with Gasteiger partial charge in [0, 0.05) is 5.38 Å². The summed E-state index contributed by atoms with van der Waals surface area (Å²) in [6, 6.07) is -3.04. The number of nitrogen functional groups attached to an aromatic ring is 1. The maximum absolute atomic E-state index is 13.0. The molecule has 2 rings (SSSR count). The maximum atomic E-state index is 13.0. The van der Waals surface area contributed by atoms with Gasteiger partial charge in [-0.1, -0.05) is 5.16 Å². The first-order valence-electron chi connectivity index (χ1n) is 6.20. The number of thiazole rings is 1. The zero-order chi connectivity index (χ0) is 18.1. The first-order valence-corrected chi connectivity index (χ1v) is 8.48. The summed E-state index contributed by atoms with van der Waals surface area (Å²) in [5, 5.41) is 7.16. The predicted molar refractivity (Wildman–Crippen MR) is 80.2 cm³/mol. The second-order valence-electron chi connectivity index (χ2n) is 4.48. The monoisotopic (exact) mass is 381 g/mol. The van der Waals surface area contributed by atoms with Crippen LogP contribution in [0, 0.1) is 0 Å². The van der Waals surface area contributed by atoms with E-state index in [-0.39, 0.29) is 20.8 Å². The molecule has 11 nitrogen and oxygen atoms in total. The van der Waals surface area contributed by atoms with Crippen LogP contribution in [-0.2, 0) is 24.7 Å². The van der Waals surface area contributed by atoms with E-state index in [4.69, 9.17) is 10.3 Å². The molecule has 0 bridgehead atoms. The number of oxime groups is 1. The van der Waals surface area contributed by atoms with Gasteiger partial charge in [-0.15, -0.1) is 11.3 Å². The van der Waals surface area contributed by atoms with Crippen molar-refractivity contribution < 1.29 is 31.8 Å². The summed E-state index contributed by atoms with van der Waals surface area (Å²) in [5.41, 5.74) is 5.19. The minimum Gasteiger partial charge on any atom is -0.398 e. The van der Waals surface area contributed by atoms with E-state index in [1.165, 1.54) is 12.5 Å². The summed E-state index contributed by atoms with van der Waals surface area (Å²) in [6.45, 7) is -1.29. The Balaban J connectivity index is 2.19. The van der Waals surface area contributed by atoms with Crippen LogP contribution in [0.5, 0.6) is 0 Å². The number of aromatic nitrogens is 1. The highest BCUT2D eigenvalue weighted by Gasteiger charge is 2.54. The van der Waals surface area contributed by atoms with Gasteiger partial charge in [0.15, 0.2) is 10.8 Å². The largest absolute Gasteiger partial charge is 0.398 e. The highest BCUT2D eigenvalue weighted by Crippen LogP contribution is 2.24. The average Bonchev–Trinajstić information content (AvgIpc) is 2.91. The Morgan fingerprint density at radius 3 is 2.79 bits per heavy atom. The molecule has 2 heterocycles. The van der Waals surface area contributed by atoms with Gasteiger partial charge in [-0.3, -0.25) is 14.1 Å². The molecular formula is C10H12FN5O6S2. The van der Waals surface area contributed by atoms with E-state index < -0.39 is 40.9 Å². The number of nitrogens with two attached hydrogens (primary N) is 1. The van der Waals surface area contributed by atoms with Crippen molar-refractivity contribution in [2.24, 2.45) is 5.16 Å². The summed E-state index contributed by atoms with van der Waals surface area (Å²) >= 11 is 1.03. The number of amides is 2. The lowest BCUT2D eigenvalue weighted by Gasteiger charge is -2.42. The first-order chi connectivity index (χ1) is 11.2. The van der Waals surface area contributed by atoms with Gasteiger partial charge in [-0.25, -0.2) is 13.7 Å². The Labute approximate surface area is 139 Å². The van der Waals surface area contributed by atoms with Gasteiger partial charge in [0.25, 0.3) is 11.8 Å². The lowest BCUT2D eigenvalue weighted by molar-refractivity contribution is -0.145. The van der Waals surface area contributed by atoms with Crippen LogP contribution in [0.2, 0.25) is 0 Å². The predicted octanol–water partition coefficient (Wildman–Crippen LogP) is -1.46. The SMILES string of the molecule is CON=C(C(=O)N[C@@H]1C(=O)N(S(=O)(=O)O)[C@@H]1CF)c1csc(N)n1. The summed E-state index contributed by atoms with van der Waals surface area (Å²) in [4.78, 5) is 32.3. The lowest BCUT2D eigenvalue weighted by atomic mass is 10.00. The fourth-order valence-corrected chi connectivity index (χ4v) is 3.42. The number of rotatable bonds is 6. The quantitative estimate of drug-likeness (QED) is 0.233. The molecule has 0 spiro atoms. The number of carbonyl (C=O) groups excluding carboxylic acids is 2. The Kier molecular flexibility index (Phi) is 5.00. The van der Waals surface area contributed by atoms with E-state index in [0.717, 1.165) is 11.3 Å². The van der Waals surface area contributed by atoms with Crippen LogP contribution in [0.1, 0.15) is 5.69 Å². The molecule has 2 atom stereocenters. The normalized spacial score (nSPS) is 21.4. The van der Waals surface area contributed by atoms with Gasteiger partial charge in [0.05, 0.1) is 0 Å². The Morgan fingerprint density at radius 1 is 1.67 bits per heavy atom. The van der Waals surface area contributed by atoms with E-state index in [0.29, 0.717) is 0 Å². The van der Waals surface area contributed by atoms with Crippen molar-refractivity contribution in [2.75, 3.05) is 19.5 Å². The molecule has 14 heteroatoms. The van der Waals surface area contributed by atoms with Crippen molar-refractivity contribution >= 4 is 44.3 Å². The third-order valence-corrected chi connectivity index (χ3v) is 4.65. The number of nitrogens with zero attached hydrogens (tertiary/aromatic N) is 3. The molecular weight excluding hydrogens is 369 g/mol. The number of hydrogen-bond donors (Lipinski definition) is 3. The van der Waals surface area contributed by atoms with Crippen molar-refractivity contribution in [1.82, 2.24) is 14.6 Å². The van der Waals surface area contributed by atoms with Crippen LogP contribution in [0.25, 0.3) is 0 Å². The van der Waals surface area contributed by atoms with E-state index in [2.05, 4.69) is 20.3 Å². The standard InChI is InChI=1S/C10H12FN5O6S2/c1-22-15-6(4-3-23-10(12)13-4)8(17)14-7-5(2-11)16(9(7)18)24(19,20)21/h3,5,7H,2H2,1H3,(H2,12,13)(H,14,17)(H,19,20,21)/t5-,7+/m1/s1. The fraction of sp³-hybridized carbons (Fsp3) is 0.400. The molecule has 1 aliphatic heterocycles. The Bertz CT molecular complexity index is 793. The molecule has 0 aromatic carbocycles. The van der Waals surface area contributed by atoms with Crippen LogP contribution in [-0.4, -0.2) is 65.7 Å². The third kappa shape index (κ3) is 3.29. The number of anilines is 1. The zero-order valence-corrected chi connectivity index (χ0v) is 13.7. The van der Waals surface area contributed by atoms with Gasteiger partial charge < -0.3 is 15.9 Å². The molecule has 24 heavy (non-hydrogen) atoms. The molecule has 1 aromatic rings. The maximum Gasteiger partial charge on any atom is 0.362 e. The van der Waals surface area contributed by atoms with Crippen LogP contribution in [0.4, 0.5) is 9.52 Å². The molecule has 1 saturated heterocycles. The van der Waals surface area contributed by atoms with Crippen LogP contribution in [0.15, 0.2) is 10.5 Å². The van der Waals surface area contributed by atoms with Gasteiger partial charge in [-0.2, -0.15) is 8.42 Å². The summed E-state index contributed by atoms with van der Waals surface area (Å²) in [7, 11) is -3.75. The molecule has 0 aliphatic carbocycles.